The third-order valence-electron chi connectivity index (χ3n) is 2.80. The van der Waals surface area contributed by atoms with Crippen molar-refractivity contribution in [3.8, 4) is 0 Å². The lowest BCUT2D eigenvalue weighted by Gasteiger charge is -2.35. The van der Waals surface area contributed by atoms with Crippen LogP contribution in [0.2, 0.25) is 0 Å². The van der Waals surface area contributed by atoms with Gasteiger partial charge in [-0.2, -0.15) is 0 Å². The van der Waals surface area contributed by atoms with Crippen molar-refractivity contribution in [1.29, 1.82) is 0 Å². The molecule has 1 aliphatic rings. The molecule has 0 saturated carbocycles. The minimum Gasteiger partial charge on any atom is -0.316 e. The van der Waals surface area contributed by atoms with Crippen molar-refractivity contribution in [2.75, 3.05) is 20.1 Å². The predicted octanol–water partition coefficient (Wildman–Crippen LogP) is 1.93. The minimum atomic E-state index is 0.480. The van der Waals surface area contributed by atoms with Gasteiger partial charge in [0.15, 0.2) is 0 Å². The Labute approximate surface area is 93.2 Å². The first kappa shape index (κ1) is 10.1. The molecule has 2 N–H and O–H groups in total. The van der Waals surface area contributed by atoms with Gasteiger partial charge in [0.2, 0.25) is 0 Å². The molecule has 1 fully saturated rings. The van der Waals surface area contributed by atoms with Gasteiger partial charge in [-0.1, -0.05) is 28.1 Å². The number of halogens is 1. The molecule has 1 heterocycles. The lowest BCUT2D eigenvalue weighted by molar-refractivity contribution is 0.268. The lowest BCUT2D eigenvalue weighted by Crippen LogP contribution is -2.48. The van der Waals surface area contributed by atoms with E-state index >= 15 is 0 Å². The zero-order valence-corrected chi connectivity index (χ0v) is 9.84. The van der Waals surface area contributed by atoms with Crippen LogP contribution >= 0.6 is 15.9 Å². The summed E-state index contributed by atoms with van der Waals surface area (Å²) in [4.78, 5) is 0. The second-order valence-corrected chi connectivity index (χ2v) is 4.66. The van der Waals surface area contributed by atoms with E-state index in [0.29, 0.717) is 6.04 Å². The molecule has 0 radical (unpaired) electrons. The molecule has 1 aromatic carbocycles. The lowest BCUT2D eigenvalue weighted by atomic mass is 9.89. The molecule has 76 valence electrons. The van der Waals surface area contributed by atoms with Crippen molar-refractivity contribution >= 4 is 15.9 Å². The van der Waals surface area contributed by atoms with Crippen molar-refractivity contribution < 1.29 is 0 Å². The van der Waals surface area contributed by atoms with Crippen LogP contribution in [-0.2, 0) is 0 Å². The fourth-order valence-electron chi connectivity index (χ4n) is 1.92. The highest BCUT2D eigenvalue weighted by Gasteiger charge is 2.26. The SMILES string of the molecule is CNC(c1cccc(Br)c1)C1CNC1. The maximum atomic E-state index is 3.51. The van der Waals surface area contributed by atoms with Gasteiger partial charge in [0.05, 0.1) is 0 Å². The van der Waals surface area contributed by atoms with Crippen LogP contribution < -0.4 is 10.6 Å². The zero-order valence-electron chi connectivity index (χ0n) is 8.26. The highest BCUT2D eigenvalue weighted by Crippen LogP contribution is 2.26. The number of rotatable bonds is 3. The fourth-order valence-corrected chi connectivity index (χ4v) is 2.34. The predicted molar refractivity (Wildman–Crippen MR) is 62.3 cm³/mol. The van der Waals surface area contributed by atoms with Gasteiger partial charge in [-0.15, -0.1) is 0 Å². The maximum Gasteiger partial charge on any atom is 0.0371 e. The average molecular weight is 255 g/mol. The van der Waals surface area contributed by atoms with Crippen LogP contribution in [0.4, 0.5) is 0 Å². The van der Waals surface area contributed by atoms with E-state index in [4.69, 9.17) is 0 Å². The summed E-state index contributed by atoms with van der Waals surface area (Å²) in [6, 6.07) is 9.02. The van der Waals surface area contributed by atoms with Crippen molar-refractivity contribution in [3.63, 3.8) is 0 Å². The first-order valence-corrected chi connectivity index (χ1v) is 5.74. The molecule has 1 unspecified atom stereocenters. The molecule has 2 rings (SSSR count). The summed E-state index contributed by atoms with van der Waals surface area (Å²) >= 11 is 3.51. The van der Waals surface area contributed by atoms with Gasteiger partial charge < -0.3 is 10.6 Å². The molecule has 1 saturated heterocycles. The fraction of sp³-hybridized carbons (Fsp3) is 0.455. The largest absolute Gasteiger partial charge is 0.316 e. The molecular weight excluding hydrogens is 240 g/mol. The summed E-state index contributed by atoms with van der Waals surface area (Å²) in [6.07, 6.45) is 0. The Hall–Kier alpha value is -0.380. The van der Waals surface area contributed by atoms with Gasteiger partial charge in [-0.05, 0) is 24.7 Å². The smallest absolute Gasteiger partial charge is 0.0371 e. The monoisotopic (exact) mass is 254 g/mol. The highest BCUT2D eigenvalue weighted by atomic mass is 79.9. The summed E-state index contributed by atoms with van der Waals surface area (Å²) in [6.45, 7) is 2.25. The Morgan fingerprint density at radius 2 is 2.29 bits per heavy atom. The van der Waals surface area contributed by atoms with Crippen molar-refractivity contribution in [3.05, 3.63) is 34.3 Å². The maximum absolute atomic E-state index is 3.51. The molecular formula is C11H15BrN2. The molecule has 1 aromatic rings. The third-order valence-corrected chi connectivity index (χ3v) is 3.30. The molecule has 14 heavy (non-hydrogen) atoms. The molecule has 1 aliphatic heterocycles. The van der Waals surface area contributed by atoms with Crippen LogP contribution in [0, 0.1) is 5.92 Å². The van der Waals surface area contributed by atoms with E-state index in [-0.39, 0.29) is 0 Å². The summed E-state index contributed by atoms with van der Waals surface area (Å²) < 4.78 is 1.16. The van der Waals surface area contributed by atoms with Gasteiger partial charge in [0, 0.05) is 29.5 Å². The summed E-state index contributed by atoms with van der Waals surface area (Å²) in [5.74, 6) is 0.731. The van der Waals surface area contributed by atoms with Crippen LogP contribution in [-0.4, -0.2) is 20.1 Å². The number of benzene rings is 1. The van der Waals surface area contributed by atoms with E-state index in [1.807, 2.05) is 7.05 Å². The van der Waals surface area contributed by atoms with Crippen molar-refractivity contribution in [1.82, 2.24) is 10.6 Å². The summed E-state index contributed by atoms with van der Waals surface area (Å²) in [5.41, 5.74) is 1.37. The Morgan fingerprint density at radius 3 is 2.79 bits per heavy atom. The van der Waals surface area contributed by atoms with E-state index in [1.54, 1.807) is 0 Å². The Morgan fingerprint density at radius 1 is 1.50 bits per heavy atom. The zero-order chi connectivity index (χ0) is 9.97. The van der Waals surface area contributed by atoms with E-state index in [9.17, 15) is 0 Å². The van der Waals surface area contributed by atoms with Crippen LogP contribution in [0.15, 0.2) is 28.7 Å². The third kappa shape index (κ3) is 2.00. The molecule has 0 spiro atoms. The van der Waals surface area contributed by atoms with E-state index in [0.717, 1.165) is 23.5 Å². The first-order chi connectivity index (χ1) is 6.81. The van der Waals surface area contributed by atoms with Crippen LogP contribution in [0.3, 0.4) is 0 Å². The Kier molecular flexibility index (Phi) is 3.21. The normalized spacial score (nSPS) is 19.0. The van der Waals surface area contributed by atoms with E-state index in [2.05, 4.69) is 50.8 Å². The van der Waals surface area contributed by atoms with Gasteiger partial charge in [0.1, 0.15) is 0 Å². The molecule has 3 heteroatoms. The van der Waals surface area contributed by atoms with Crippen LogP contribution in [0.1, 0.15) is 11.6 Å². The molecule has 0 aromatic heterocycles. The van der Waals surface area contributed by atoms with Crippen molar-refractivity contribution in [2.24, 2.45) is 5.92 Å². The van der Waals surface area contributed by atoms with Crippen LogP contribution in [0.25, 0.3) is 0 Å². The second kappa shape index (κ2) is 4.43. The number of hydrogen-bond donors (Lipinski definition) is 2. The molecule has 0 bridgehead atoms. The molecule has 0 aliphatic carbocycles. The quantitative estimate of drug-likeness (QED) is 0.862. The van der Waals surface area contributed by atoms with E-state index < -0.39 is 0 Å². The standard InChI is InChI=1S/C11H15BrN2/c1-13-11(9-6-14-7-9)8-3-2-4-10(12)5-8/h2-5,9,11,13-14H,6-7H2,1H3. The summed E-state index contributed by atoms with van der Waals surface area (Å²) in [7, 11) is 2.03. The van der Waals surface area contributed by atoms with E-state index in [1.165, 1.54) is 5.56 Å². The topological polar surface area (TPSA) is 24.1 Å². The van der Waals surface area contributed by atoms with Gasteiger partial charge in [-0.25, -0.2) is 0 Å². The van der Waals surface area contributed by atoms with Crippen LogP contribution in [0.5, 0.6) is 0 Å². The highest BCUT2D eigenvalue weighted by molar-refractivity contribution is 9.10. The number of nitrogens with one attached hydrogen (secondary N) is 2. The molecule has 1 atom stereocenters. The minimum absolute atomic E-state index is 0.480. The summed E-state index contributed by atoms with van der Waals surface area (Å²) in [5, 5.41) is 6.70. The number of hydrogen-bond acceptors (Lipinski definition) is 2. The second-order valence-electron chi connectivity index (χ2n) is 3.74. The van der Waals surface area contributed by atoms with Crippen molar-refractivity contribution in [2.45, 2.75) is 6.04 Å². The van der Waals surface area contributed by atoms with Gasteiger partial charge >= 0.3 is 0 Å². The van der Waals surface area contributed by atoms with Gasteiger partial charge in [-0.3, -0.25) is 0 Å². The Bertz CT molecular complexity index is 310. The molecule has 2 nitrogen and oxygen atoms in total. The first-order valence-electron chi connectivity index (χ1n) is 4.94. The Balaban J connectivity index is 2.17. The average Bonchev–Trinajstić information content (AvgIpc) is 2.10. The molecule has 0 amide bonds. The van der Waals surface area contributed by atoms with Gasteiger partial charge in [0.25, 0.3) is 0 Å².